The maximum atomic E-state index is 12.1. The molecule has 6 heteroatoms. The van der Waals surface area contributed by atoms with Gasteiger partial charge in [0.05, 0.1) is 6.54 Å². The number of hydrogen-bond donors (Lipinski definition) is 3. The van der Waals surface area contributed by atoms with Crippen molar-refractivity contribution in [1.82, 2.24) is 20.9 Å². The van der Waals surface area contributed by atoms with Gasteiger partial charge in [-0.2, -0.15) is 0 Å². The van der Waals surface area contributed by atoms with Crippen LogP contribution in [-0.2, 0) is 6.54 Å². The van der Waals surface area contributed by atoms with Gasteiger partial charge in [0.1, 0.15) is 0 Å². The summed E-state index contributed by atoms with van der Waals surface area (Å²) in [5.41, 5.74) is 2.05. The molecule has 0 bridgehead atoms. The number of carbonyl (C=O) groups is 1. The Balaban J connectivity index is 1.40. The summed E-state index contributed by atoms with van der Waals surface area (Å²) >= 11 is 0. The van der Waals surface area contributed by atoms with Gasteiger partial charge >= 0.3 is 0 Å². The van der Waals surface area contributed by atoms with Crippen LogP contribution in [0.15, 0.2) is 65.7 Å². The predicted octanol–water partition coefficient (Wildman–Crippen LogP) is 2.64. The number of carbonyl (C=O) groups excluding carboxylic acids is 1. The molecule has 0 radical (unpaired) electrons. The van der Waals surface area contributed by atoms with Crippen LogP contribution >= 0.6 is 0 Å². The first-order chi connectivity index (χ1) is 14.7. The normalized spacial score (nSPS) is 15.6. The van der Waals surface area contributed by atoms with Crippen LogP contribution in [0.25, 0.3) is 0 Å². The molecule has 1 amide bonds. The maximum Gasteiger partial charge on any atom is 0.251 e. The van der Waals surface area contributed by atoms with Crippen molar-refractivity contribution in [2.45, 2.75) is 32.4 Å². The molecule has 0 aliphatic carbocycles. The highest BCUT2D eigenvalue weighted by molar-refractivity contribution is 5.94. The molecule has 0 atom stereocenters. The van der Waals surface area contributed by atoms with Crippen LogP contribution in [0.3, 0.4) is 0 Å². The molecule has 2 aromatic carbocycles. The molecule has 160 valence electrons. The highest BCUT2D eigenvalue weighted by Crippen LogP contribution is 2.13. The summed E-state index contributed by atoms with van der Waals surface area (Å²) in [7, 11) is 0. The number of piperidine rings is 1. The molecule has 3 N–H and O–H groups in total. The summed E-state index contributed by atoms with van der Waals surface area (Å²) < 4.78 is 0. The Hall–Kier alpha value is -2.86. The molecule has 1 heterocycles. The highest BCUT2D eigenvalue weighted by Gasteiger charge is 2.20. The largest absolute Gasteiger partial charge is 0.357 e. The summed E-state index contributed by atoms with van der Waals surface area (Å²) in [5, 5.41) is 9.79. The highest BCUT2D eigenvalue weighted by atomic mass is 16.1. The van der Waals surface area contributed by atoms with Gasteiger partial charge in [-0.1, -0.05) is 48.5 Å². The quantitative estimate of drug-likeness (QED) is 0.358. The monoisotopic (exact) mass is 407 g/mol. The number of benzene rings is 2. The van der Waals surface area contributed by atoms with Crippen LogP contribution in [0.1, 0.15) is 35.7 Å². The number of nitrogens with zero attached hydrogens (tertiary/aromatic N) is 2. The lowest BCUT2D eigenvalue weighted by Gasteiger charge is -2.33. The molecular weight excluding hydrogens is 374 g/mol. The minimum Gasteiger partial charge on any atom is -0.357 e. The zero-order chi connectivity index (χ0) is 21.0. The lowest BCUT2D eigenvalue weighted by Crippen LogP contribution is -2.48. The molecular formula is C24H33N5O. The van der Waals surface area contributed by atoms with E-state index in [1.54, 1.807) is 0 Å². The summed E-state index contributed by atoms with van der Waals surface area (Å²) in [6.45, 7) is 7.12. The van der Waals surface area contributed by atoms with Gasteiger partial charge in [-0.05, 0) is 37.5 Å². The van der Waals surface area contributed by atoms with Crippen LogP contribution in [0.2, 0.25) is 0 Å². The molecule has 2 aromatic rings. The topological polar surface area (TPSA) is 68.8 Å². The molecule has 0 unspecified atom stereocenters. The smallest absolute Gasteiger partial charge is 0.251 e. The number of guanidine groups is 1. The van der Waals surface area contributed by atoms with E-state index in [2.05, 4.69) is 63.1 Å². The molecule has 1 fully saturated rings. The summed E-state index contributed by atoms with van der Waals surface area (Å²) in [6, 6.07) is 20.3. The molecule has 0 spiro atoms. The van der Waals surface area contributed by atoms with Crippen LogP contribution in [-0.4, -0.2) is 55.5 Å². The fourth-order valence-electron chi connectivity index (χ4n) is 3.62. The van der Waals surface area contributed by atoms with Crippen LogP contribution in [0.4, 0.5) is 0 Å². The van der Waals surface area contributed by atoms with Gasteiger partial charge in [-0.3, -0.25) is 14.7 Å². The Morgan fingerprint density at radius 2 is 1.67 bits per heavy atom. The van der Waals surface area contributed by atoms with E-state index in [1.165, 1.54) is 5.56 Å². The molecule has 1 aliphatic heterocycles. The van der Waals surface area contributed by atoms with Crippen molar-refractivity contribution in [3.63, 3.8) is 0 Å². The number of nitrogens with one attached hydrogen (secondary N) is 3. The third-order valence-electron chi connectivity index (χ3n) is 5.22. The summed E-state index contributed by atoms with van der Waals surface area (Å²) in [6.07, 6.45) is 2.20. The van der Waals surface area contributed by atoms with E-state index in [9.17, 15) is 4.79 Å². The second-order valence-electron chi connectivity index (χ2n) is 7.56. The van der Waals surface area contributed by atoms with E-state index < -0.39 is 0 Å². The Morgan fingerprint density at radius 3 is 2.33 bits per heavy atom. The summed E-state index contributed by atoms with van der Waals surface area (Å²) in [4.78, 5) is 19.2. The fraction of sp³-hybridized carbons (Fsp3) is 0.417. The van der Waals surface area contributed by atoms with Gasteiger partial charge in [-0.15, -0.1) is 0 Å². The number of aliphatic imine (C=N–C) groups is 1. The number of hydrogen-bond acceptors (Lipinski definition) is 3. The minimum atomic E-state index is -0.0606. The van der Waals surface area contributed by atoms with E-state index in [0.717, 1.165) is 45.0 Å². The first-order valence-corrected chi connectivity index (χ1v) is 10.9. The number of rotatable bonds is 8. The van der Waals surface area contributed by atoms with Gasteiger partial charge in [0, 0.05) is 44.3 Å². The van der Waals surface area contributed by atoms with Gasteiger partial charge in [-0.25, -0.2) is 0 Å². The van der Waals surface area contributed by atoms with E-state index in [0.29, 0.717) is 24.7 Å². The van der Waals surface area contributed by atoms with Crippen molar-refractivity contribution in [2.75, 3.05) is 32.7 Å². The average Bonchev–Trinajstić information content (AvgIpc) is 2.79. The van der Waals surface area contributed by atoms with Gasteiger partial charge in [0.15, 0.2) is 5.96 Å². The Labute approximate surface area is 179 Å². The van der Waals surface area contributed by atoms with Crippen molar-refractivity contribution in [3.8, 4) is 0 Å². The SMILES string of the molecule is CCNC(=NCCNC(=O)c1ccccc1)NC1CCN(Cc2ccccc2)CC1. The second-order valence-corrected chi connectivity index (χ2v) is 7.56. The molecule has 1 aliphatic rings. The summed E-state index contributed by atoms with van der Waals surface area (Å²) in [5.74, 6) is 0.766. The molecule has 0 saturated carbocycles. The zero-order valence-electron chi connectivity index (χ0n) is 17.8. The first kappa shape index (κ1) is 21.8. The molecule has 30 heavy (non-hydrogen) atoms. The fourth-order valence-corrected chi connectivity index (χ4v) is 3.62. The van der Waals surface area contributed by atoms with Crippen LogP contribution in [0, 0.1) is 0 Å². The second kappa shape index (κ2) is 12.0. The zero-order valence-corrected chi connectivity index (χ0v) is 17.8. The molecule has 0 aromatic heterocycles. The number of likely N-dealkylation sites (tertiary alicyclic amines) is 1. The standard InChI is InChI=1S/C24H33N5O/c1-2-25-24(27-16-15-26-23(30)21-11-7-4-8-12-21)28-22-13-17-29(18-14-22)19-20-9-5-3-6-10-20/h3-12,22H,2,13-19H2,1H3,(H,26,30)(H2,25,27,28). The molecule has 6 nitrogen and oxygen atoms in total. The third-order valence-corrected chi connectivity index (χ3v) is 5.22. The van der Waals surface area contributed by atoms with E-state index in [1.807, 2.05) is 30.3 Å². The Bertz CT molecular complexity index is 786. The van der Waals surface area contributed by atoms with E-state index >= 15 is 0 Å². The van der Waals surface area contributed by atoms with Gasteiger partial charge in [0.25, 0.3) is 5.91 Å². The van der Waals surface area contributed by atoms with Crippen molar-refractivity contribution in [3.05, 3.63) is 71.8 Å². The van der Waals surface area contributed by atoms with Crippen molar-refractivity contribution < 1.29 is 4.79 Å². The average molecular weight is 408 g/mol. The van der Waals surface area contributed by atoms with Crippen molar-refractivity contribution in [2.24, 2.45) is 4.99 Å². The Kier molecular flexibility index (Phi) is 8.72. The van der Waals surface area contributed by atoms with Gasteiger partial charge < -0.3 is 16.0 Å². The maximum absolute atomic E-state index is 12.1. The Morgan fingerprint density at radius 1 is 1.00 bits per heavy atom. The lowest BCUT2D eigenvalue weighted by molar-refractivity contribution is 0.0955. The van der Waals surface area contributed by atoms with Crippen molar-refractivity contribution >= 4 is 11.9 Å². The van der Waals surface area contributed by atoms with Crippen molar-refractivity contribution in [1.29, 1.82) is 0 Å². The van der Waals surface area contributed by atoms with Crippen LogP contribution in [0.5, 0.6) is 0 Å². The first-order valence-electron chi connectivity index (χ1n) is 10.9. The lowest BCUT2D eigenvalue weighted by atomic mass is 10.0. The predicted molar refractivity (Wildman–Crippen MR) is 123 cm³/mol. The third kappa shape index (κ3) is 7.19. The van der Waals surface area contributed by atoms with E-state index in [4.69, 9.17) is 0 Å². The van der Waals surface area contributed by atoms with E-state index in [-0.39, 0.29) is 5.91 Å². The van der Waals surface area contributed by atoms with Gasteiger partial charge in [0.2, 0.25) is 0 Å². The minimum absolute atomic E-state index is 0.0606. The van der Waals surface area contributed by atoms with Crippen LogP contribution < -0.4 is 16.0 Å². The molecule has 1 saturated heterocycles. The number of amides is 1. The molecule has 3 rings (SSSR count).